The Morgan fingerprint density at radius 3 is 2.43 bits per heavy atom. The molecular formula is C28H27Cl2N3O3S. The minimum atomic E-state index is -3.58. The van der Waals surface area contributed by atoms with E-state index in [9.17, 15) is 13.5 Å². The number of benzene rings is 3. The summed E-state index contributed by atoms with van der Waals surface area (Å²) in [6.07, 6.45) is 6.02. The number of anilines is 2. The van der Waals surface area contributed by atoms with Gasteiger partial charge in [-0.2, -0.15) is 0 Å². The molecule has 37 heavy (non-hydrogen) atoms. The molecule has 5 rings (SSSR count). The van der Waals surface area contributed by atoms with Gasteiger partial charge in [0.15, 0.2) is 15.6 Å². The minimum absolute atomic E-state index is 0.112. The third-order valence-electron chi connectivity index (χ3n) is 6.69. The van der Waals surface area contributed by atoms with Crippen molar-refractivity contribution in [1.82, 2.24) is 9.88 Å². The van der Waals surface area contributed by atoms with E-state index in [1.54, 1.807) is 12.1 Å². The molecule has 0 radical (unpaired) electrons. The van der Waals surface area contributed by atoms with Gasteiger partial charge in [0.25, 0.3) is 0 Å². The normalized spacial score (nSPS) is 14.4. The SMILES string of the molecule is CS(=O)(=O)c1cnc2ccc(-c3cc(Cl)c(O)c(Cl)c3)cc2c1Nc1cccc(CCN2CCCC2)c1. The van der Waals surface area contributed by atoms with E-state index >= 15 is 0 Å². The maximum absolute atomic E-state index is 12.7. The number of hydrogen-bond donors (Lipinski definition) is 2. The molecule has 1 aliphatic heterocycles. The first-order valence-electron chi connectivity index (χ1n) is 12.1. The molecule has 3 aromatic carbocycles. The summed E-state index contributed by atoms with van der Waals surface area (Å²) in [7, 11) is -3.58. The standard InChI is InChI=1S/C28H27Cl2N3O3S/c1-37(35,36)26-17-31-25-8-7-19(20-15-23(29)28(34)24(30)16-20)14-22(25)27(26)32-21-6-4-5-18(13-21)9-12-33-10-2-3-11-33/h4-8,13-17,34H,2-3,9-12H2,1H3,(H,31,32). The molecule has 0 atom stereocenters. The summed E-state index contributed by atoms with van der Waals surface area (Å²) in [4.78, 5) is 6.99. The van der Waals surface area contributed by atoms with Gasteiger partial charge in [-0.3, -0.25) is 4.98 Å². The van der Waals surface area contributed by atoms with Crippen molar-refractivity contribution in [2.75, 3.05) is 31.2 Å². The summed E-state index contributed by atoms with van der Waals surface area (Å²) in [5.41, 5.74) is 4.53. The van der Waals surface area contributed by atoms with Gasteiger partial charge in [0.1, 0.15) is 4.90 Å². The van der Waals surface area contributed by atoms with Crippen LogP contribution >= 0.6 is 23.2 Å². The zero-order valence-electron chi connectivity index (χ0n) is 20.3. The number of rotatable bonds is 7. The topological polar surface area (TPSA) is 82.5 Å². The van der Waals surface area contributed by atoms with E-state index in [2.05, 4.69) is 27.3 Å². The largest absolute Gasteiger partial charge is 0.505 e. The van der Waals surface area contributed by atoms with Gasteiger partial charge in [-0.25, -0.2) is 8.42 Å². The number of phenolic OH excluding ortho intramolecular Hbond substituents is 1. The number of pyridine rings is 1. The van der Waals surface area contributed by atoms with Crippen LogP contribution in [0.3, 0.4) is 0 Å². The van der Waals surface area contributed by atoms with Gasteiger partial charge >= 0.3 is 0 Å². The van der Waals surface area contributed by atoms with Crippen LogP contribution in [0.15, 0.2) is 65.7 Å². The Morgan fingerprint density at radius 2 is 1.73 bits per heavy atom. The van der Waals surface area contributed by atoms with Crippen molar-refractivity contribution >= 4 is 55.3 Å². The fourth-order valence-corrected chi connectivity index (χ4v) is 6.00. The molecule has 9 heteroatoms. The van der Waals surface area contributed by atoms with Gasteiger partial charge in [-0.05, 0) is 85.4 Å². The Kier molecular flexibility index (Phi) is 7.32. The number of aromatic hydroxyl groups is 1. The zero-order valence-corrected chi connectivity index (χ0v) is 22.7. The zero-order chi connectivity index (χ0) is 26.2. The number of likely N-dealkylation sites (tertiary alicyclic amines) is 1. The summed E-state index contributed by atoms with van der Waals surface area (Å²) in [5, 5.41) is 14.2. The first-order valence-corrected chi connectivity index (χ1v) is 14.7. The van der Waals surface area contributed by atoms with E-state index < -0.39 is 9.84 Å². The molecular weight excluding hydrogens is 529 g/mol. The lowest BCUT2D eigenvalue weighted by molar-refractivity contribution is 0.343. The predicted molar refractivity (Wildman–Crippen MR) is 151 cm³/mol. The highest BCUT2D eigenvalue weighted by atomic mass is 35.5. The fourth-order valence-electron chi connectivity index (χ4n) is 4.74. The number of halogens is 2. The fraction of sp³-hybridized carbons (Fsp3) is 0.250. The molecule has 6 nitrogen and oxygen atoms in total. The van der Waals surface area contributed by atoms with Crippen LogP contribution in [-0.4, -0.2) is 49.3 Å². The first-order chi connectivity index (χ1) is 17.7. The lowest BCUT2D eigenvalue weighted by atomic mass is 10.0. The predicted octanol–water partition coefficient (Wildman–Crippen LogP) is 6.70. The lowest BCUT2D eigenvalue weighted by Gasteiger charge is -2.17. The third kappa shape index (κ3) is 5.70. The Balaban J connectivity index is 1.56. The van der Waals surface area contributed by atoms with Crippen LogP contribution in [0.5, 0.6) is 5.75 Å². The molecule has 0 unspecified atom stereocenters. The Labute approximate surface area is 226 Å². The molecule has 0 spiro atoms. The average molecular weight is 557 g/mol. The van der Waals surface area contributed by atoms with Crippen LogP contribution in [0.4, 0.5) is 11.4 Å². The maximum atomic E-state index is 12.7. The first kappa shape index (κ1) is 25.8. The molecule has 192 valence electrons. The molecule has 0 aliphatic carbocycles. The average Bonchev–Trinajstić information content (AvgIpc) is 3.39. The molecule has 4 aromatic rings. The maximum Gasteiger partial charge on any atom is 0.179 e. The minimum Gasteiger partial charge on any atom is -0.505 e. The van der Waals surface area contributed by atoms with Crippen molar-refractivity contribution in [2.45, 2.75) is 24.2 Å². The van der Waals surface area contributed by atoms with Gasteiger partial charge in [-0.15, -0.1) is 0 Å². The van der Waals surface area contributed by atoms with Gasteiger partial charge in [-0.1, -0.05) is 41.4 Å². The summed E-state index contributed by atoms with van der Waals surface area (Å²) >= 11 is 12.3. The smallest absolute Gasteiger partial charge is 0.179 e. The van der Waals surface area contributed by atoms with E-state index in [0.29, 0.717) is 22.2 Å². The number of sulfone groups is 1. The second-order valence-corrected chi connectivity index (χ2v) is 12.2. The van der Waals surface area contributed by atoms with E-state index in [1.165, 1.54) is 30.9 Å². The quantitative estimate of drug-likeness (QED) is 0.264. The van der Waals surface area contributed by atoms with Crippen LogP contribution in [0, 0.1) is 0 Å². The van der Waals surface area contributed by atoms with Gasteiger partial charge < -0.3 is 15.3 Å². The molecule has 0 amide bonds. The number of phenols is 1. The Morgan fingerprint density at radius 1 is 1.00 bits per heavy atom. The highest BCUT2D eigenvalue weighted by Crippen LogP contribution is 2.39. The summed E-state index contributed by atoms with van der Waals surface area (Å²) in [6, 6.07) is 16.9. The number of nitrogens with zero attached hydrogens (tertiary/aromatic N) is 2. The number of hydrogen-bond acceptors (Lipinski definition) is 6. The molecule has 1 aliphatic rings. The molecule has 1 saturated heterocycles. The van der Waals surface area contributed by atoms with Crippen molar-refractivity contribution in [3.05, 3.63) is 76.4 Å². The van der Waals surface area contributed by atoms with Crippen LogP contribution in [0.25, 0.3) is 22.0 Å². The van der Waals surface area contributed by atoms with E-state index in [1.807, 2.05) is 30.3 Å². The molecule has 1 aromatic heterocycles. The molecule has 2 N–H and O–H groups in total. The third-order valence-corrected chi connectivity index (χ3v) is 8.38. The van der Waals surface area contributed by atoms with Gasteiger partial charge in [0.05, 0.1) is 21.2 Å². The summed E-state index contributed by atoms with van der Waals surface area (Å²) < 4.78 is 25.5. The second kappa shape index (κ2) is 10.5. The van der Waals surface area contributed by atoms with Crippen LogP contribution in [-0.2, 0) is 16.3 Å². The Hall–Kier alpha value is -2.84. The number of aromatic nitrogens is 1. The molecule has 1 fully saturated rings. The van der Waals surface area contributed by atoms with E-state index in [4.69, 9.17) is 23.2 Å². The second-order valence-electron chi connectivity index (χ2n) is 9.41. The summed E-state index contributed by atoms with van der Waals surface area (Å²) in [6.45, 7) is 3.31. The number of fused-ring (bicyclic) bond motifs is 1. The van der Waals surface area contributed by atoms with Crippen molar-refractivity contribution < 1.29 is 13.5 Å². The van der Waals surface area contributed by atoms with Crippen molar-refractivity contribution in [2.24, 2.45) is 0 Å². The van der Waals surface area contributed by atoms with E-state index in [0.717, 1.165) is 37.3 Å². The summed E-state index contributed by atoms with van der Waals surface area (Å²) in [5.74, 6) is -0.180. The molecule has 0 saturated carbocycles. The van der Waals surface area contributed by atoms with Crippen LogP contribution < -0.4 is 5.32 Å². The molecule has 2 heterocycles. The number of nitrogens with one attached hydrogen (secondary N) is 1. The van der Waals surface area contributed by atoms with Crippen molar-refractivity contribution in [3.63, 3.8) is 0 Å². The van der Waals surface area contributed by atoms with Crippen molar-refractivity contribution in [3.8, 4) is 16.9 Å². The lowest BCUT2D eigenvalue weighted by Crippen LogP contribution is -2.21. The highest BCUT2D eigenvalue weighted by molar-refractivity contribution is 7.90. The van der Waals surface area contributed by atoms with Gasteiger partial charge in [0, 0.05) is 30.1 Å². The monoisotopic (exact) mass is 555 g/mol. The highest BCUT2D eigenvalue weighted by Gasteiger charge is 2.19. The Bertz CT molecular complexity index is 1560. The van der Waals surface area contributed by atoms with E-state index in [-0.39, 0.29) is 20.7 Å². The van der Waals surface area contributed by atoms with Gasteiger partial charge in [0.2, 0.25) is 0 Å². The van der Waals surface area contributed by atoms with Crippen LogP contribution in [0.2, 0.25) is 10.0 Å². The van der Waals surface area contributed by atoms with Crippen LogP contribution in [0.1, 0.15) is 18.4 Å². The molecule has 0 bridgehead atoms. The van der Waals surface area contributed by atoms with Crippen molar-refractivity contribution in [1.29, 1.82) is 0 Å².